The van der Waals surface area contributed by atoms with Gasteiger partial charge in [-0.15, -0.1) is 0 Å². The van der Waals surface area contributed by atoms with Crippen LogP contribution in [0.2, 0.25) is 0 Å². The molecule has 47 heavy (non-hydrogen) atoms. The van der Waals surface area contributed by atoms with Gasteiger partial charge in [0.05, 0.1) is 12.2 Å². The maximum Gasteiger partial charge on any atom is 0.281 e. The molecule has 0 spiro atoms. The molecule has 7 atom stereocenters. The number of hydrogen-bond donors (Lipinski definition) is 4. The normalized spacial score (nSPS) is 33.5. The number of nitrogens with one attached hydrogen (secondary N) is 2. The van der Waals surface area contributed by atoms with Gasteiger partial charge in [-0.25, -0.2) is 0 Å². The number of likely N-dealkylation sites (tertiary alicyclic amines) is 1. The third-order valence-electron chi connectivity index (χ3n) is 10.7. The summed E-state index contributed by atoms with van der Waals surface area (Å²) in [6, 6.07) is 5.13. The number of hydrogen-bond acceptors (Lipinski definition) is 8. The molecule has 0 radical (unpaired) electrons. The van der Waals surface area contributed by atoms with Crippen LogP contribution in [0.3, 0.4) is 0 Å². The SMILES string of the molecule is CC(C)C[C@H]1C(=O)N2CCCC2[C@]2(O)O[C@](NC(=O)[C@@H]3CC4c5cccc6[nH]cc(c56)C[C@H]4N(C)C3)(C(C)C)C(=O)N12.CS(=O)(=O)O. The first-order valence-corrected chi connectivity index (χ1v) is 18.4. The average molecular weight is 674 g/mol. The summed E-state index contributed by atoms with van der Waals surface area (Å²) in [6.07, 6.45) is 6.07. The summed E-state index contributed by atoms with van der Waals surface area (Å²) in [6.45, 7) is 8.73. The number of fused-ring (bicyclic) bond motifs is 5. The number of carbonyl (C=O) groups is 3. The molecule has 14 heteroatoms. The summed E-state index contributed by atoms with van der Waals surface area (Å²) in [5, 5.41) is 16.4. The Balaban J connectivity index is 0.000000720. The number of ether oxygens (including phenoxy) is 1. The van der Waals surface area contributed by atoms with Gasteiger partial charge in [0.2, 0.25) is 17.5 Å². The monoisotopic (exact) mass is 673 g/mol. The number of aromatic amines is 1. The van der Waals surface area contributed by atoms with E-state index >= 15 is 0 Å². The molecule has 5 aliphatic rings. The highest BCUT2D eigenvalue weighted by molar-refractivity contribution is 7.85. The summed E-state index contributed by atoms with van der Waals surface area (Å²) in [4.78, 5) is 50.8. The number of rotatable bonds is 5. The van der Waals surface area contributed by atoms with Gasteiger partial charge in [0.25, 0.3) is 21.9 Å². The quantitative estimate of drug-likeness (QED) is 0.347. The van der Waals surface area contributed by atoms with Crippen molar-refractivity contribution in [1.82, 2.24) is 25.0 Å². The molecule has 5 heterocycles. The Labute approximate surface area is 275 Å². The lowest BCUT2D eigenvalue weighted by atomic mass is 9.72. The van der Waals surface area contributed by atoms with Crippen molar-refractivity contribution in [3.63, 3.8) is 0 Å². The van der Waals surface area contributed by atoms with E-state index in [9.17, 15) is 27.9 Å². The van der Waals surface area contributed by atoms with Crippen molar-refractivity contribution in [2.45, 2.75) is 95.5 Å². The zero-order chi connectivity index (χ0) is 34.2. The molecule has 1 aromatic carbocycles. The van der Waals surface area contributed by atoms with E-state index in [-0.39, 0.29) is 35.6 Å². The molecule has 4 saturated heterocycles. The Morgan fingerprint density at radius 1 is 1.21 bits per heavy atom. The average Bonchev–Trinajstić information content (AvgIpc) is 3.68. The number of nitrogens with zero attached hydrogens (tertiary/aromatic N) is 3. The number of amides is 3. The van der Waals surface area contributed by atoms with Gasteiger partial charge < -0.3 is 25.2 Å². The minimum atomic E-state index is -3.67. The second kappa shape index (κ2) is 11.8. The predicted octanol–water partition coefficient (Wildman–Crippen LogP) is 2.02. The van der Waals surface area contributed by atoms with Crippen molar-refractivity contribution in [3.05, 3.63) is 35.5 Å². The lowest BCUT2D eigenvalue weighted by Gasteiger charge is -2.49. The third-order valence-corrected chi connectivity index (χ3v) is 10.7. The number of aromatic nitrogens is 1. The van der Waals surface area contributed by atoms with E-state index in [1.54, 1.807) is 4.90 Å². The minimum absolute atomic E-state index is 0.116. The second-order valence-corrected chi connectivity index (χ2v) is 16.2. The maximum atomic E-state index is 14.4. The maximum absolute atomic E-state index is 14.4. The summed E-state index contributed by atoms with van der Waals surface area (Å²) >= 11 is 0. The van der Waals surface area contributed by atoms with Gasteiger partial charge in [0, 0.05) is 48.1 Å². The fraction of sp³-hybridized carbons (Fsp3) is 0.667. The van der Waals surface area contributed by atoms with E-state index in [1.807, 2.05) is 27.7 Å². The molecule has 13 nitrogen and oxygen atoms in total. The summed E-state index contributed by atoms with van der Waals surface area (Å²) < 4.78 is 32.3. The van der Waals surface area contributed by atoms with Gasteiger partial charge in [-0.3, -0.25) is 28.6 Å². The Hall–Kier alpha value is -3.04. The van der Waals surface area contributed by atoms with E-state index in [0.717, 1.165) is 18.4 Å². The molecule has 4 N–H and O–H groups in total. The first kappa shape index (κ1) is 33.8. The number of piperazine rings is 1. The number of H-pyrrole nitrogens is 1. The Morgan fingerprint density at radius 3 is 2.57 bits per heavy atom. The van der Waals surface area contributed by atoms with Gasteiger partial charge in [-0.2, -0.15) is 8.42 Å². The molecule has 1 aromatic heterocycles. The van der Waals surface area contributed by atoms with Gasteiger partial charge in [-0.1, -0.05) is 39.8 Å². The zero-order valence-corrected chi connectivity index (χ0v) is 28.7. The van der Waals surface area contributed by atoms with Crippen molar-refractivity contribution < 1.29 is 37.2 Å². The molecule has 1 aliphatic carbocycles. The van der Waals surface area contributed by atoms with Crippen LogP contribution in [0.15, 0.2) is 24.4 Å². The van der Waals surface area contributed by atoms with Crippen molar-refractivity contribution >= 4 is 38.7 Å². The van der Waals surface area contributed by atoms with Crippen LogP contribution in [0.5, 0.6) is 0 Å². The Kier molecular flexibility index (Phi) is 8.52. The molecule has 2 aromatic rings. The van der Waals surface area contributed by atoms with Crippen LogP contribution in [0.4, 0.5) is 0 Å². The fourth-order valence-electron chi connectivity index (χ4n) is 8.63. The van der Waals surface area contributed by atoms with Crippen molar-refractivity contribution in [1.29, 1.82) is 0 Å². The number of likely N-dealkylation sites (N-methyl/N-ethyl adjacent to an activating group) is 1. The highest BCUT2D eigenvalue weighted by atomic mass is 32.2. The lowest BCUT2D eigenvalue weighted by Crippen LogP contribution is -2.71. The van der Waals surface area contributed by atoms with Crippen LogP contribution in [0.25, 0.3) is 10.9 Å². The standard InChI is InChI=1S/C32H43N5O5.CH4O3S/c1-17(2)12-25-29(39)36-11-7-10-26(36)32(41)37(25)30(40)31(42-32,18(3)4)34-28(38)20-13-22-21-8-6-9-23-27(21)19(15-33-23)14-24(22)35(5)16-20;1-5(2,3)4/h6,8-9,15,17-18,20,22,24-26,33,41H,7,10-14,16H2,1-5H3,(H,34,38);1H3,(H,2,3,4)/t20-,22?,24-,25+,26?,31-,32+;/m1./s1. The van der Waals surface area contributed by atoms with Crippen molar-refractivity contribution in [3.8, 4) is 0 Å². The number of benzene rings is 1. The van der Waals surface area contributed by atoms with Gasteiger partial charge in [0.15, 0.2) is 0 Å². The molecule has 7 rings (SSSR count). The molecule has 4 aliphatic heterocycles. The van der Waals surface area contributed by atoms with E-state index < -0.39 is 45.7 Å². The van der Waals surface area contributed by atoms with Gasteiger partial charge >= 0.3 is 0 Å². The molecular formula is C33H47N5O8S. The Morgan fingerprint density at radius 2 is 1.91 bits per heavy atom. The topological polar surface area (TPSA) is 173 Å². The number of piperidine rings is 1. The number of carbonyl (C=O) groups excluding carboxylic acids is 3. The highest BCUT2D eigenvalue weighted by Crippen LogP contribution is 2.49. The van der Waals surface area contributed by atoms with Crippen LogP contribution in [-0.4, -0.2) is 112 Å². The van der Waals surface area contributed by atoms with Crippen LogP contribution >= 0.6 is 0 Å². The van der Waals surface area contributed by atoms with E-state index in [1.165, 1.54) is 21.4 Å². The summed E-state index contributed by atoms with van der Waals surface area (Å²) in [7, 11) is -1.59. The third kappa shape index (κ3) is 5.65. The number of aliphatic hydroxyl groups is 1. The molecule has 2 unspecified atom stereocenters. The van der Waals surface area contributed by atoms with Crippen LogP contribution in [0.1, 0.15) is 70.4 Å². The molecule has 0 bridgehead atoms. The smallest absolute Gasteiger partial charge is 0.281 e. The highest BCUT2D eigenvalue weighted by Gasteiger charge is 2.72. The molecule has 4 fully saturated rings. The van der Waals surface area contributed by atoms with Crippen LogP contribution in [-0.2, 0) is 35.7 Å². The molecule has 258 valence electrons. The molecule has 3 amide bonds. The predicted molar refractivity (Wildman–Crippen MR) is 173 cm³/mol. The Bertz CT molecular complexity index is 1680. The van der Waals surface area contributed by atoms with Gasteiger partial charge in [-0.05, 0) is 62.3 Å². The molecular weight excluding hydrogens is 626 g/mol. The first-order chi connectivity index (χ1) is 22.0. The van der Waals surface area contributed by atoms with E-state index in [0.29, 0.717) is 38.6 Å². The summed E-state index contributed by atoms with van der Waals surface area (Å²) in [5.41, 5.74) is 1.93. The van der Waals surface area contributed by atoms with Crippen molar-refractivity contribution in [2.75, 3.05) is 26.4 Å². The first-order valence-electron chi connectivity index (χ1n) is 16.6. The minimum Gasteiger partial charge on any atom is -0.361 e. The van der Waals surface area contributed by atoms with Crippen molar-refractivity contribution in [2.24, 2.45) is 17.8 Å². The van der Waals surface area contributed by atoms with E-state index in [4.69, 9.17) is 9.29 Å². The largest absolute Gasteiger partial charge is 0.361 e. The molecule has 0 saturated carbocycles. The zero-order valence-electron chi connectivity index (χ0n) is 27.9. The van der Waals surface area contributed by atoms with E-state index in [2.05, 4.69) is 46.6 Å². The lowest BCUT2D eigenvalue weighted by molar-refractivity contribution is -0.322. The summed E-state index contributed by atoms with van der Waals surface area (Å²) in [5.74, 6) is -3.48. The van der Waals surface area contributed by atoms with Crippen LogP contribution < -0.4 is 5.32 Å². The van der Waals surface area contributed by atoms with Gasteiger partial charge in [0.1, 0.15) is 12.1 Å². The van der Waals surface area contributed by atoms with Crippen LogP contribution in [0, 0.1) is 17.8 Å². The fourth-order valence-corrected chi connectivity index (χ4v) is 8.63. The second-order valence-electron chi connectivity index (χ2n) is 14.7.